The smallest absolute Gasteiger partial charge is 0.337 e. The van der Waals surface area contributed by atoms with E-state index in [-0.39, 0.29) is 6.10 Å². The minimum Gasteiger partial charge on any atom is -0.466 e. The van der Waals surface area contributed by atoms with Gasteiger partial charge in [0, 0.05) is 16.8 Å². The highest BCUT2D eigenvalue weighted by Gasteiger charge is 2.38. The third-order valence-corrected chi connectivity index (χ3v) is 4.57. The zero-order valence-corrected chi connectivity index (χ0v) is 16.1. The molecule has 3 rings (SSSR count). The number of allylic oxidation sites excluding steroid dienone is 2. The molecule has 0 bridgehead atoms. The van der Waals surface area contributed by atoms with Crippen molar-refractivity contribution in [3.8, 4) is 0 Å². The van der Waals surface area contributed by atoms with Crippen molar-refractivity contribution in [2.75, 3.05) is 7.11 Å². The van der Waals surface area contributed by atoms with Gasteiger partial charge in [0.15, 0.2) is 0 Å². The molecule has 0 radical (unpaired) electrons. The Morgan fingerprint density at radius 2 is 1.74 bits per heavy atom. The molecule has 2 heterocycles. The molecule has 0 aliphatic carbocycles. The molecular weight excluding hydrogens is 346 g/mol. The zero-order chi connectivity index (χ0) is 19.7. The van der Waals surface area contributed by atoms with Crippen LogP contribution in [0.15, 0.2) is 57.5 Å². The molecule has 1 aliphatic heterocycles. The molecule has 0 amide bonds. The first-order chi connectivity index (χ1) is 12.8. The van der Waals surface area contributed by atoms with Crippen LogP contribution in [0.2, 0.25) is 0 Å². The second kappa shape index (κ2) is 7.31. The summed E-state index contributed by atoms with van der Waals surface area (Å²) in [7, 11) is 1.33. The van der Waals surface area contributed by atoms with Crippen molar-refractivity contribution in [2.24, 2.45) is 0 Å². The third-order valence-electron chi connectivity index (χ3n) is 4.57. The van der Waals surface area contributed by atoms with E-state index >= 15 is 0 Å². The number of dihydropyridines is 1. The molecule has 2 aromatic rings. The van der Waals surface area contributed by atoms with Crippen LogP contribution in [0.4, 0.5) is 0 Å². The Morgan fingerprint density at radius 3 is 2.37 bits per heavy atom. The van der Waals surface area contributed by atoms with Crippen LogP contribution in [-0.2, 0) is 19.1 Å². The molecule has 27 heavy (non-hydrogen) atoms. The van der Waals surface area contributed by atoms with Crippen LogP contribution >= 0.6 is 0 Å². The normalized spacial score (nSPS) is 17.3. The van der Waals surface area contributed by atoms with Crippen LogP contribution in [-0.4, -0.2) is 25.2 Å². The number of esters is 2. The van der Waals surface area contributed by atoms with Crippen molar-refractivity contribution in [3.63, 3.8) is 0 Å². The van der Waals surface area contributed by atoms with E-state index in [0.717, 1.165) is 10.9 Å². The van der Waals surface area contributed by atoms with Crippen LogP contribution in [0.5, 0.6) is 0 Å². The summed E-state index contributed by atoms with van der Waals surface area (Å²) in [5, 5.41) is 3.96. The zero-order valence-electron chi connectivity index (χ0n) is 16.1. The molecule has 1 N–H and O–H groups in total. The summed E-state index contributed by atoms with van der Waals surface area (Å²) in [6, 6.07) is 7.41. The maximum atomic E-state index is 12.9. The Bertz CT molecular complexity index is 964. The monoisotopic (exact) mass is 369 g/mol. The highest BCUT2D eigenvalue weighted by atomic mass is 16.5. The Hall–Kier alpha value is -3.02. The minimum atomic E-state index is -0.619. The number of fused-ring (bicyclic) bond motifs is 1. The SMILES string of the molecule is COC(=O)C1=C(C)NC(C)=C(C(=O)OC(C)C)[C@H]1c1cccc2occc12. The van der Waals surface area contributed by atoms with Crippen LogP contribution in [0.25, 0.3) is 11.0 Å². The van der Waals surface area contributed by atoms with E-state index in [1.54, 1.807) is 34.0 Å². The number of hydrogen-bond acceptors (Lipinski definition) is 6. The van der Waals surface area contributed by atoms with Gasteiger partial charge >= 0.3 is 11.9 Å². The van der Waals surface area contributed by atoms with Crippen molar-refractivity contribution >= 4 is 22.9 Å². The lowest BCUT2D eigenvalue weighted by atomic mass is 9.79. The highest BCUT2D eigenvalue weighted by Crippen LogP contribution is 2.42. The van der Waals surface area contributed by atoms with Crippen molar-refractivity contribution in [1.82, 2.24) is 5.32 Å². The van der Waals surface area contributed by atoms with Crippen LogP contribution in [0, 0.1) is 0 Å². The van der Waals surface area contributed by atoms with Gasteiger partial charge in [0.1, 0.15) is 5.58 Å². The lowest BCUT2D eigenvalue weighted by Crippen LogP contribution is -2.33. The summed E-state index contributed by atoms with van der Waals surface area (Å²) in [5.74, 6) is -1.58. The van der Waals surface area contributed by atoms with Gasteiger partial charge in [-0.1, -0.05) is 12.1 Å². The molecule has 1 aromatic heterocycles. The van der Waals surface area contributed by atoms with Gasteiger partial charge in [0.25, 0.3) is 0 Å². The van der Waals surface area contributed by atoms with Gasteiger partial charge in [0.05, 0.1) is 36.5 Å². The molecule has 1 aromatic carbocycles. The largest absolute Gasteiger partial charge is 0.466 e. The maximum absolute atomic E-state index is 12.9. The second-order valence-electron chi connectivity index (χ2n) is 6.76. The summed E-state index contributed by atoms with van der Waals surface area (Å²) < 4.78 is 16.0. The maximum Gasteiger partial charge on any atom is 0.337 e. The number of nitrogens with one attached hydrogen (secondary N) is 1. The summed E-state index contributed by atoms with van der Waals surface area (Å²) in [6.45, 7) is 7.18. The van der Waals surface area contributed by atoms with Crippen molar-refractivity contribution in [2.45, 2.75) is 39.7 Å². The molecule has 6 nitrogen and oxygen atoms in total. The van der Waals surface area contributed by atoms with Crippen LogP contribution < -0.4 is 5.32 Å². The Morgan fingerprint density at radius 1 is 1.07 bits per heavy atom. The first-order valence-corrected chi connectivity index (χ1v) is 8.79. The summed E-state index contributed by atoms with van der Waals surface area (Å²) in [4.78, 5) is 25.5. The topological polar surface area (TPSA) is 77.8 Å². The predicted molar refractivity (Wildman–Crippen MR) is 101 cm³/mol. The Balaban J connectivity index is 2.26. The van der Waals surface area contributed by atoms with Gasteiger partial charge in [-0.2, -0.15) is 0 Å². The quantitative estimate of drug-likeness (QED) is 0.826. The van der Waals surface area contributed by atoms with E-state index < -0.39 is 17.9 Å². The summed E-state index contributed by atoms with van der Waals surface area (Å²) in [5.41, 5.74) is 3.54. The molecular formula is C21H23NO5. The molecule has 0 unspecified atom stereocenters. The first kappa shape index (κ1) is 18.8. The van der Waals surface area contributed by atoms with Gasteiger partial charge in [-0.15, -0.1) is 0 Å². The minimum absolute atomic E-state index is 0.281. The molecule has 0 spiro atoms. The van der Waals surface area contributed by atoms with E-state index in [4.69, 9.17) is 13.9 Å². The highest BCUT2D eigenvalue weighted by molar-refractivity contribution is 6.01. The summed E-state index contributed by atoms with van der Waals surface area (Å²) >= 11 is 0. The number of methoxy groups -OCH3 is 1. The van der Waals surface area contributed by atoms with Gasteiger partial charge in [0.2, 0.25) is 0 Å². The number of benzene rings is 1. The van der Waals surface area contributed by atoms with Gasteiger partial charge in [-0.25, -0.2) is 9.59 Å². The average molecular weight is 369 g/mol. The van der Waals surface area contributed by atoms with Gasteiger partial charge in [-0.05, 0) is 45.4 Å². The van der Waals surface area contributed by atoms with E-state index in [2.05, 4.69) is 5.32 Å². The molecule has 0 fully saturated rings. The molecule has 0 saturated carbocycles. The van der Waals surface area contributed by atoms with Gasteiger partial charge in [-0.3, -0.25) is 0 Å². The van der Waals surface area contributed by atoms with Crippen LogP contribution in [0.1, 0.15) is 39.2 Å². The third kappa shape index (κ3) is 3.35. The fourth-order valence-corrected chi connectivity index (χ4v) is 3.50. The van der Waals surface area contributed by atoms with Crippen molar-refractivity contribution in [3.05, 3.63) is 58.6 Å². The number of rotatable bonds is 4. The lowest BCUT2D eigenvalue weighted by molar-refractivity contribution is -0.143. The molecule has 1 aliphatic rings. The molecule has 0 saturated heterocycles. The van der Waals surface area contributed by atoms with Crippen molar-refractivity contribution < 1.29 is 23.5 Å². The van der Waals surface area contributed by atoms with E-state index in [1.807, 2.05) is 24.3 Å². The van der Waals surface area contributed by atoms with E-state index in [0.29, 0.717) is 28.1 Å². The van der Waals surface area contributed by atoms with E-state index in [1.165, 1.54) is 7.11 Å². The number of hydrogen-bond donors (Lipinski definition) is 1. The fraction of sp³-hybridized carbons (Fsp3) is 0.333. The molecule has 1 atom stereocenters. The number of carbonyl (C=O) groups excluding carboxylic acids is 2. The predicted octanol–water partition coefficient (Wildman–Crippen LogP) is 3.79. The Labute approximate surface area is 157 Å². The number of furan rings is 1. The van der Waals surface area contributed by atoms with E-state index in [9.17, 15) is 9.59 Å². The molecule has 6 heteroatoms. The molecule has 142 valence electrons. The standard InChI is InChI=1S/C21H23NO5/c1-11(2)27-21(24)18-13(4)22-12(3)17(20(23)25-5)19(18)15-7-6-8-16-14(15)9-10-26-16/h6-11,19,22H,1-5H3/t19-/m0/s1. The lowest BCUT2D eigenvalue weighted by Gasteiger charge is -2.31. The number of carbonyl (C=O) groups is 2. The van der Waals surface area contributed by atoms with Gasteiger partial charge < -0.3 is 19.2 Å². The Kier molecular flexibility index (Phi) is 5.08. The van der Waals surface area contributed by atoms with Crippen LogP contribution in [0.3, 0.4) is 0 Å². The van der Waals surface area contributed by atoms with Crippen molar-refractivity contribution in [1.29, 1.82) is 0 Å². The first-order valence-electron chi connectivity index (χ1n) is 8.79. The second-order valence-corrected chi connectivity index (χ2v) is 6.76. The average Bonchev–Trinajstić information content (AvgIpc) is 3.08. The summed E-state index contributed by atoms with van der Waals surface area (Å²) in [6.07, 6.45) is 1.31. The number of ether oxygens (including phenoxy) is 2. The fourth-order valence-electron chi connectivity index (χ4n) is 3.50.